The van der Waals surface area contributed by atoms with Gasteiger partial charge < -0.3 is 5.11 Å². The normalized spacial score (nSPS) is 4.17. The molecule has 0 aliphatic carbocycles. The number of hydrogen-bond acceptors (Lipinski definition) is 1. The van der Waals surface area contributed by atoms with Crippen LogP contribution in [-0.2, 0) is 0 Å². The van der Waals surface area contributed by atoms with Crippen LogP contribution in [0.15, 0.2) is 25.0 Å². The Morgan fingerprint density at radius 2 is 1.50 bits per heavy atom. The Morgan fingerprint density at radius 3 is 1.50 bits per heavy atom. The first-order valence-electron chi connectivity index (χ1n) is 1.29. The summed E-state index contributed by atoms with van der Waals surface area (Å²) in [6.45, 7) is 6.04. The van der Waals surface area contributed by atoms with Crippen LogP contribution in [0.1, 0.15) is 0 Å². The van der Waals surface area contributed by atoms with Crippen molar-refractivity contribution in [2.75, 3.05) is 0 Å². The number of rotatable bonds is 0. The number of aliphatic hydroxyl groups excluding tert-OH is 1. The van der Waals surface area contributed by atoms with E-state index in [1.54, 1.807) is 0 Å². The molecule has 0 aromatic carbocycles. The van der Waals surface area contributed by atoms with Gasteiger partial charge in [-0.2, -0.15) is 0 Å². The SMILES string of the molecule is C=CCl.C=CO. The average Bonchev–Trinajstić information content (AvgIpc) is 1.39. The average molecular weight is 107 g/mol. The molecule has 0 saturated heterocycles. The van der Waals surface area contributed by atoms with E-state index >= 15 is 0 Å². The predicted molar refractivity (Wildman–Crippen MR) is 28.9 cm³/mol. The van der Waals surface area contributed by atoms with E-state index < -0.39 is 0 Å². The van der Waals surface area contributed by atoms with Gasteiger partial charge in [-0.15, -0.1) is 0 Å². The summed E-state index contributed by atoms with van der Waals surface area (Å²) in [4.78, 5) is 0. The van der Waals surface area contributed by atoms with Gasteiger partial charge >= 0.3 is 0 Å². The molecule has 0 amide bonds. The summed E-state index contributed by atoms with van der Waals surface area (Å²) in [7, 11) is 0. The van der Waals surface area contributed by atoms with Crippen LogP contribution in [0.4, 0.5) is 0 Å². The molecular weight excluding hydrogens is 99.5 g/mol. The largest absolute Gasteiger partial charge is 0.516 e. The highest BCUT2D eigenvalue weighted by Gasteiger charge is 1.18. The van der Waals surface area contributed by atoms with Crippen molar-refractivity contribution in [1.29, 1.82) is 0 Å². The van der Waals surface area contributed by atoms with E-state index in [2.05, 4.69) is 13.2 Å². The van der Waals surface area contributed by atoms with Crippen LogP contribution >= 0.6 is 11.6 Å². The summed E-state index contributed by atoms with van der Waals surface area (Å²) in [5.74, 6) is 0. The summed E-state index contributed by atoms with van der Waals surface area (Å²) < 4.78 is 0. The van der Waals surface area contributed by atoms with Gasteiger partial charge in [0.25, 0.3) is 0 Å². The lowest BCUT2D eigenvalue weighted by atomic mass is 11.2. The van der Waals surface area contributed by atoms with Crippen LogP contribution < -0.4 is 0 Å². The molecule has 0 fully saturated rings. The fourth-order valence-electron chi connectivity index (χ4n) is 0. The third-order valence-corrected chi connectivity index (χ3v) is 0. The van der Waals surface area contributed by atoms with Gasteiger partial charge in [-0.3, -0.25) is 0 Å². The molecule has 0 saturated carbocycles. The molecule has 0 heterocycles. The first-order chi connectivity index (χ1) is 2.83. The molecule has 0 spiro atoms. The number of aliphatic hydroxyl groups is 1. The molecule has 0 aliphatic heterocycles. The molecule has 36 valence electrons. The first kappa shape index (κ1) is 9.13. The van der Waals surface area contributed by atoms with Gasteiger partial charge in [-0.1, -0.05) is 24.8 Å². The Labute approximate surface area is 42.6 Å². The number of hydrogen-bond donors (Lipinski definition) is 1. The Balaban J connectivity index is 0. The van der Waals surface area contributed by atoms with Crippen molar-refractivity contribution < 1.29 is 5.11 Å². The third-order valence-electron chi connectivity index (χ3n) is 0. The molecular formula is C4H7ClO. The monoisotopic (exact) mass is 106 g/mol. The Bertz CT molecular complexity index is 28.5. The minimum Gasteiger partial charge on any atom is -0.516 e. The second-order valence-corrected chi connectivity index (χ2v) is 0.645. The van der Waals surface area contributed by atoms with Crippen molar-refractivity contribution in [1.82, 2.24) is 0 Å². The third kappa shape index (κ3) is 128. The molecule has 2 heteroatoms. The summed E-state index contributed by atoms with van der Waals surface area (Å²) in [6.07, 6.45) is 0.750. The quantitative estimate of drug-likeness (QED) is 0.469. The van der Waals surface area contributed by atoms with Gasteiger partial charge in [-0.05, 0) is 5.54 Å². The lowest BCUT2D eigenvalue weighted by molar-refractivity contribution is 0.476. The van der Waals surface area contributed by atoms with E-state index in [-0.39, 0.29) is 0 Å². The summed E-state index contributed by atoms with van der Waals surface area (Å²) in [6, 6.07) is 0. The Morgan fingerprint density at radius 1 is 1.50 bits per heavy atom. The molecule has 0 atom stereocenters. The second-order valence-electron chi connectivity index (χ2n) is 0.337. The van der Waals surface area contributed by atoms with Crippen LogP contribution in [0.5, 0.6) is 0 Å². The summed E-state index contributed by atoms with van der Waals surface area (Å²) in [5, 5.41) is 7.33. The molecule has 0 rings (SSSR count). The van der Waals surface area contributed by atoms with Gasteiger partial charge in [0.2, 0.25) is 0 Å². The van der Waals surface area contributed by atoms with E-state index in [0.717, 1.165) is 6.26 Å². The highest BCUT2D eigenvalue weighted by Crippen LogP contribution is 1.60. The van der Waals surface area contributed by atoms with Crippen molar-refractivity contribution >= 4 is 11.6 Å². The van der Waals surface area contributed by atoms with Crippen LogP contribution in [0, 0.1) is 0 Å². The van der Waals surface area contributed by atoms with Crippen LogP contribution in [0.25, 0.3) is 0 Å². The molecule has 6 heavy (non-hydrogen) atoms. The highest BCUT2D eigenvalue weighted by molar-refractivity contribution is 6.25. The maximum atomic E-state index is 7.33. The van der Waals surface area contributed by atoms with Gasteiger partial charge in [0.1, 0.15) is 0 Å². The lowest BCUT2D eigenvalue weighted by Gasteiger charge is -1.41. The highest BCUT2D eigenvalue weighted by atomic mass is 35.5. The molecule has 1 N–H and O–H groups in total. The lowest BCUT2D eigenvalue weighted by Crippen LogP contribution is -1.25. The molecule has 1 nitrogen and oxygen atoms in total. The smallest absolute Gasteiger partial charge is 0.0719 e. The van der Waals surface area contributed by atoms with E-state index in [1.165, 1.54) is 5.54 Å². The fourth-order valence-corrected chi connectivity index (χ4v) is 0. The van der Waals surface area contributed by atoms with Crippen LogP contribution in [0.2, 0.25) is 0 Å². The zero-order valence-electron chi connectivity index (χ0n) is 3.39. The van der Waals surface area contributed by atoms with Crippen molar-refractivity contribution in [3.05, 3.63) is 25.0 Å². The van der Waals surface area contributed by atoms with Crippen molar-refractivity contribution in [3.63, 3.8) is 0 Å². The topological polar surface area (TPSA) is 20.2 Å². The Kier molecular flexibility index (Phi) is 35.9. The van der Waals surface area contributed by atoms with Crippen LogP contribution in [0.3, 0.4) is 0 Å². The zero-order chi connectivity index (χ0) is 5.41. The molecule has 0 radical (unpaired) electrons. The van der Waals surface area contributed by atoms with Crippen molar-refractivity contribution in [2.24, 2.45) is 0 Å². The maximum Gasteiger partial charge on any atom is 0.0719 e. The summed E-state index contributed by atoms with van der Waals surface area (Å²) >= 11 is 4.76. The molecule has 0 aromatic rings. The molecule has 0 bridgehead atoms. The van der Waals surface area contributed by atoms with Crippen molar-refractivity contribution in [3.8, 4) is 0 Å². The van der Waals surface area contributed by atoms with E-state index in [9.17, 15) is 0 Å². The second kappa shape index (κ2) is 23.6. The minimum absolute atomic E-state index is 0.750. The van der Waals surface area contributed by atoms with Crippen molar-refractivity contribution in [2.45, 2.75) is 0 Å². The Hall–Kier alpha value is -0.430. The fraction of sp³-hybridized carbons (Fsp3) is 0. The van der Waals surface area contributed by atoms with E-state index in [4.69, 9.17) is 16.7 Å². The predicted octanol–water partition coefficient (Wildman–Crippen LogP) is 2.06. The molecule has 0 aromatic heterocycles. The van der Waals surface area contributed by atoms with E-state index in [0.29, 0.717) is 0 Å². The zero-order valence-corrected chi connectivity index (χ0v) is 4.15. The standard InChI is InChI=1S/C2H3Cl.C2H4O/c2*1-2-3/h2H,1H2;2-3H,1H2. The van der Waals surface area contributed by atoms with Gasteiger partial charge in [0, 0.05) is 0 Å². The first-order valence-corrected chi connectivity index (χ1v) is 1.73. The van der Waals surface area contributed by atoms with Crippen LogP contribution in [-0.4, -0.2) is 5.11 Å². The van der Waals surface area contributed by atoms with Gasteiger partial charge in [-0.25, -0.2) is 0 Å². The van der Waals surface area contributed by atoms with Gasteiger partial charge in [0.05, 0.1) is 6.26 Å². The molecule has 0 aliphatic rings. The number of halogens is 1. The maximum absolute atomic E-state index is 7.33. The van der Waals surface area contributed by atoms with Gasteiger partial charge in [0.15, 0.2) is 0 Å². The minimum atomic E-state index is 0.750. The summed E-state index contributed by atoms with van der Waals surface area (Å²) in [5.41, 5.74) is 1.22. The molecule has 0 unspecified atom stereocenters. The van der Waals surface area contributed by atoms with E-state index in [1.807, 2.05) is 0 Å².